The third-order valence-corrected chi connectivity index (χ3v) is 7.48. The zero-order valence-corrected chi connectivity index (χ0v) is 20.1. The number of unbranched alkanes of at least 4 members (excludes halogenated alkanes) is 8. The maximum atomic E-state index is 2.48. The van der Waals surface area contributed by atoms with Gasteiger partial charge in [-0.1, -0.05) is 122 Å². The third-order valence-electron chi connectivity index (χ3n) is 7.48. The van der Waals surface area contributed by atoms with Gasteiger partial charge >= 0.3 is 0 Å². The summed E-state index contributed by atoms with van der Waals surface area (Å²) in [5.74, 6) is 2.04. The predicted octanol–water partition coefficient (Wildman–Crippen LogP) is 9.61. The molecule has 29 heavy (non-hydrogen) atoms. The Balaban J connectivity index is 1.61. The Labute approximate surface area is 183 Å². The second-order valence-electron chi connectivity index (χ2n) is 10.1. The molecule has 0 radical (unpaired) electrons. The van der Waals surface area contributed by atoms with Crippen LogP contribution in [0.1, 0.15) is 133 Å². The largest absolute Gasteiger partial charge is 0.0654 e. The molecule has 0 nitrogen and oxygen atoms in total. The summed E-state index contributed by atoms with van der Waals surface area (Å²) in [5.41, 5.74) is 4.71. The highest BCUT2D eigenvalue weighted by atomic mass is 14.3. The summed E-state index contributed by atoms with van der Waals surface area (Å²) in [6.07, 6.45) is 25.6. The van der Waals surface area contributed by atoms with E-state index >= 15 is 0 Å². The lowest BCUT2D eigenvalue weighted by Crippen LogP contribution is -2.15. The monoisotopic (exact) mass is 398 g/mol. The zero-order chi connectivity index (χ0) is 20.7. The first-order valence-electron chi connectivity index (χ1n) is 13.3. The van der Waals surface area contributed by atoms with Gasteiger partial charge in [0, 0.05) is 0 Å². The van der Waals surface area contributed by atoms with E-state index in [-0.39, 0.29) is 0 Å². The first-order valence-corrected chi connectivity index (χ1v) is 13.3. The summed E-state index contributed by atoms with van der Waals surface area (Å²) in [5, 5.41) is 0. The summed E-state index contributed by atoms with van der Waals surface area (Å²) >= 11 is 0. The molecule has 0 aromatic heterocycles. The zero-order valence-electron chi connectivity index (χ0n) is 20.1. The standard InChI is InChI=1S/C29H50/c1-4-6-8-9-10-11-13-15-28-21-23-29(25(3)24-28)22-20-27-18-16-26(17-19-27)14-12-7-5-2/h21,23-24,26-27H,4-20,22H2,1-3H3/t26-,27-. The summed E-state index contributed by atoms with van der Waals surface area (Å²) in [4.78, 5) is 0. The first-order chi connectivity index (χ1) is 14.2. The van der Waals surface area contributed by atoms with Crippen LogP contribution in [0.25, 0.3) is 0 Å². The summed E-state index contributed by atoms with van der Waals surface area (Å²) < 4.78 is 0. The predicted molar refractivity (Wildman–Crippen MR) is 131 cm³/mol. The lowest BCUT2D eigenvalue weighted by atomic mass is 9.77. The van der Waals surface area contributed by atoms with Crippen LogP contribution < -0.4 is 0 Å². The number of hydrogen-bond acceptors (Lipinski definition) is 0. The molecule has 0 atom stereocenters. The van der Waals surface area contributed by atoms with Gasteiger partial charge < -0.3 is 0 Å². The highest BCUT2D eigenvalue weighted by Crippen LogP contribution is 2.34. The van der Waals surface area contributed by atoms with Gasteiger partial charge in [-0.2, -0.15) is 0 Å². The van der Waals surface area contributed by atoms with E-state index in [1.807, 2.05) is 0 Å². The molecule has 1 aromatic carbocycles. The lowest BCUT2D eigenvalue weighted by molar-refractivity contribution is 0.249. The van der Waals surface area contributed by atoms with Crippen LogP contribution in [0.4, 0.5) is 0 Å². The van der Waals surface area contributed by atoms with Gasteiger partial charge in [-0.05, 0) is 61.1 Å². The van der Waals surface area contributed by atoms with Gasteiger partial charge in [-0.25, -0.2) is 0 Å². The van der Waals surface area contributed by atoms with Gasteiger partial charge in [0.15, 0.2) is 0 Å². The third kappa shape index (κ3) is 10.2. The second kappa shape index (κ2) is 15.1. The normalized spacial score (nSPS) is 19.6. The molecule has 1 fully saturated rings. The van der Waals surface area contributed by atoms with E-state index in [1.165, 1.54) is 116 Å². The molecule has 1 aliphatic carbocycles. The molecule has 166 valence electrons. The van der Waals surface area contributed by atoms with Gasteiger partial charge in [0.05, 0.1) is 0 Å². The molecule has 0 bridgehead atoms. The molecule has 1 saturated carbocycles. The quantitative estimate of drug-likeness (QED) is 0.258. The van der Waals surface area contributed by atoms with Crippen LogP contribution in [0.5, 0.6) is 0 Å². The van der Waals surface area contributed by atoms with Crippen molar-refractivity contribution >= 4 is 0 Å². The van der Waals surface area contributed by atoms with Gasteiger partial charge in [0.1, 0.15) is 0 Å². The van der Waals surface area contributed by atoms with E-state index in [4.69, 9.17) is 0 Å². The van der Waals surface area contributed by atoms with Crippen LogP contribution in [0.3, 0.4) is 0 Å². The Bertz CT molecular complexity index is 521. The highest BCUT2D eigenvalue weighted by Gasteiger charge is 2.20. The Morgan fingerprint density at radius 3 is 1.90 bits per heavy atom. The van der Waals surface area contributed by atoms with Crippen LogP contribution in [-0.2, 0) is 12.8 Å². The number of rotatable bonds is 15. The van der Waals surface area contributed by atoms with Crippen molar-refractivity contribution in [3.8, 4) is 0 Å². The molecule has 0 aliphatic heterocycles. The first kappa shape index (κ1) is 24.5. The molecule has 0 heteroatoms. The Morgan fingerprint density at radius 2 is 1.24 bits per heavy atom. The number of hydrogen-bond donors (Lipinski definition) is 0. The molecule has 1 aliphatic rings. The summed E-state index contributed by atoms with van der Waals surface area (Å²) in [6.45, 7) is 6.96. The van der Waals surface area contributed by atoms with Crippen molar-refractivity contribution in [2.75, 3.05) is 0 Å². The smallest absolute Gasteiger partial charge is 0.0274 e. The van der Waals surface area contributed by atoms with Crippen molar-refractivity contribution in [3.63, 3.8) is 0 Å². The average Bonchev–Trinajstić information content (AvgIpc) is 2.73. The molecule has 0 N–H and O–H groups in total. The maximum absolute atomic E-state index is 2.48. The van der Waals surface area contributed by atoms with Crippen LogP contribution in [0.15, 0.2) is 18.2 Å². The van der Waals surface area contributed by atoms with Crippen LogP contribution >= 0.6 is 0 Å². The van der Waals surface area contributed by atoms with E-state index in [9.17, 15) is 0 Å². The van der Waals surface area contributed by atoms with Crippen molar-refractivity contribution in [1.82, 2.24) is 0 Å². The second-order valence-corrected chi connectivity index (χ2v) is 10.1. The maximum Gasteiger partial charge on any atom is -0.0274 e. The Morgan fingerprint density at radius 1 is 0.655 bits per heavy atom. The molecule has 0 unspecified atom stereocenters. The lowest BCUT2D eigenvalue weighted by Gasteiger charge is -2.28. The Hall–Kier alpha value is -0.780. The Kier molecular flexibility index (Phi) is 12.7. The van der Waals surface area contributed by atoms with Crippen molar-refractivity contribution in [2.45, 2.75) is 136 Å². The van der Waals surface area contributed by atoms with Gasteiger partial charge in [0.2, 0.25) is 0 Å². The molecular formula is C29H50. The minimum absolute atomic E-state index is 0.990. The molecule has 0 saturated heterocycles. The fraction of sp³-hybridized carbons (Fsp3) is 0.793. The fourth-order valence-electron chi connectivity index (χ4n) is 5.33. The molecule has 0 heterocycles. The van der Waals surface area contributed by atoms with Gasteiger partial charge in [-0.3, -0.25) is 0 Å². The SMILES string of the molecule is CCCCCCCCCc1ccc(CC[C@H]2CC[C@H](CCCCC)CC2)c(C)c1. The minimum atomic E-state index is 0.990. The van der Waals surface area contributed by atoms with Crippen LogP contribution in [0.2, 0.25) is 0 Å². The molecule has 0 amide bonds. The van der Waals surface area contributed by atoms with Gasteiger partial charge in [0.25, 0.3) is 0 Å². The van der Waals surface area contributed by atoms with Crippen molar-refractivity contribution in [1.29, 1.82) is 0 Å². The van der Waals surface area contributed by atoms with E-state index < -0.39 is 0 Å². The summed E-state index contributed by atoms with van der Waals surface area (Å²) in [7, 11) is 0. The van der Waals surface area contributed by atoms with Crippen molar-refractivity contribution in [3.05, 3.63) is 34.9 Å². The molecule has 1 aromatic rings. The average molecular weight is 399 g/mol. The number of benzene rings is 1. The fourth-order valence-corrected chi connectivity index (χ4v) is 5.33. The molecule has 0 spiro atoms. The van der Waals surface area contributed by atoms with Crippen molar-refractivity contribution in [2.24, 2.45) is 11.8 Å². The van der Waals surface area contributed by atoms with Crippen LogP contribution in [0, 0.1) is 18.8 Å². The van der Waals surface area contributed by atoms with Crippen LogP contribution in [-0.4, -0.2) is 0 Å². The van der Waals surface area contributed by atoms with E-state index in [0.29, 0.717) is 0 Å². The molecule has 2 rings (SSSR count). The van der Waals surface area contributed by atoms with E-state index in [2.05, 4.69) is 39.0 Å². The van der Waals surface area contributed by atoms with Crippen molar-refractivity contribution < 1.29 is 0 Å². The van der Waals surface area contributed by atoms with E-state index in [0.717, 1.165) is 11.8 Å². The highest BCUT2D eigenvalue weighted by molar-refractivity contribution is 5.31. The van der Waals surface area contributed by atoms with E-state index in [1.54, 1.807) is 16.7 Å². The molecular weight excluding hydrogens is 348 g/mol. The topological polar surface area (TPSA) is 0 Å². The van der Waals surface area contributed by atoms with Gasteiger partial charge in [-0.15, -0.1) is 0 Å². The number of aryl methyl sites for hydroxylation is 3. The minimum Gasteiger partial charge on any atom is -0.0654 e. The summed E-state index contributed by atoms with van der Waals surface area (Å²) in [6, 6.07) is 7.35.